The van der Waals surface area contributed by atoms with Crippen molar-refractivity contribution in [2.24, 2.45) is 13.0 Å². The molecule has 0 spiro atoms. The van der Waals surface area contributed by atoms with Crippen LogP contribution in [0.15, 0.2) is 24.8 Å². The van der Waals surface area contributed by atoms with E-state index >= 15 is 0 Å². The molecule has 0 radical (unpaired) electrons. The fraction of sp³-hybridized carbons (Fsp3) is 0.467. The molecule has 3 rings (SSSR count). The van der Waals surface area contributed by atoms with Gasteiger partial charge in [-0.25, -0.2) is 9.97 Å². The van der Waals surface area contributed by atoms with Crippen molar-refractivity contribution in [3.8, 4) is 17.0 Å². The van der Waals surface area contributed by atoms with Gasteiger partial charge in [0.15, 0.2) is 11.6 Å². The van der Waals surface area contributed by atoms with Crippen molar-refractivity contribution >= 4 is 5.82 Å². The Morgan fingerprint density at radius 2 is 2.38 bits per heavy atom. The zero-order chi connectivity index (χ0) is 14.7. The Labute approximate surface area is 124 Å². The molecule has 21 heavy (non-hydrogen) atoms. The summed E-state index contributed by atoms with van der Waals surface area (Å²) >= 11 is 0. The first kappa shape index (κ1) is 13.9. The number of aryl methyl sites for hydroxylation is 1. The highest BCUT2D eigenvalue weighted by atomic mass is 16.5. The Hall–Kier alpha value is -2.08. The number of anilines is 1. The van der Waals surface area contributed by atoms with E-state index in [2.05, 4.69) is 15.3 Å². The first-order chi connectivity index (χ1) is 10.2. The van der Waals surface area contributed by atoms with Crippen LogP contribution < -0.4 is 15.8 Å². The van der Waals surface area contributed by atoms with Gasteiger partial charge >= 0.3 is 0 Å². The number of piperidine rings is 1. The van der Waals surface area contributed by atoms with Crippen LogP contribution in [0.2, 0.25) is 0 Å². The Bertz CT molecular complexity index is 604. The molecule has 112 valence electrons. The summed E-state index contributed by atoms with van der Waals surface area (Å²) in [5, 5.41) is 3.39. The normalized spacial score (nSPS) is 18.6. The summed E-state index contributed by atoms with van der Waals surface area (Å²) in [6.45, 7) is 2.78. The van der Waals surface area contributed by atoms with Crippen molar-refractivity contribution in [1.82, 2.24) is 19.9 Å². The molecule has 2 aromatic heterocycles. The summed E-state index contributed by atoms with van der Waals surface area (Å²) in [4.78, 5) is 8.54. The van der Waals surface area contributed by atoms with Crippen LogP contribution in [0.3, 0.4) is 0 Å². The summed E-state index contributed by atoms with van der Waals surface area (Å²) in [7, 11) is 1.94. The third kappa shape index (κ3) is 3.33. The minimum absolute atomic E-state index is 0.429. The van der Waals surface area contributed by atoms with Gasteiger partial charge in [-0.3, -0.25) is 0 Å². The maximum absolute atomic E-state index is 5.91. The number of ether oxygens (including phenoxy) is 1. The number of aromatic nitrogens is 3. The van der Waals surface area contributed by atoms with Crippen molar-refractivity contribution in [3.05, 3.63) is 24.8 Å². The van der Waals surface area contributed by atoms with E-state index in [1.165, 1.54) is 12.8 Å². The van der Waals surface area contributed by atoms with Gasteiger partial charge in [-0.05, 0) is 25.5 Å². The summed E-state index contributed by atoms with van der Waals surface area (Å²) in [6, 6.07) is 1.92. The smallest absolute Gasteiger partial charge is 0.166 e. The average molecular weight is 287 g/mol. The molecule has 6 nitrogen and oxygen atoms in total. The maximum Gasteiger partial charge on any atom is 0.166 e. The number of nitrogens with zero attached hydrogens (tertiary/aromatic N) is 3. The fourth-order valence-electron chi connectivity index (χ4n) is 2.55. The molecule has 0 amide bonds. The summed E-state index contributed by atoms with van der Waals surface area (Å²) in [5.74, 6) is 1.61. The van der Waals surface area contributed by atoms with Gasteiger partial charge in [-0.15, -0.1) is 0 Å². The topological polar surface area (TPSA) is 78.0 Å². The molecule has 0 aromatic carbocycles. The number of hydrogen-bond acceptors (Lipinski definition) is 5. The molecular formula is C15H21N5O. The molecule has 6 heteroatoms. The number of nitrogens with two attached hydrogens (primary N) is 1. The van der Waals surface area contributed by atoms with E-state index < -0.39 is 0 Å². The maximum atomic E-state index is 5.91. The number of pyridine rings is 1. The van der Waals surface area contributed by atoms with Crippen LogP contribution >= 0.6 is 0 Å². The van der Waals surface area contributed by atoms with Gasteiger partial charge in [-0.2, -0.15) is 0 Å². The monoisotopic (exact) mass is 287 g/mol. The molecule has 2 aromatic rings. The van der Waals surface area contributed by atoms with Gasteiger partial charge in [-0.1, -0.05) is 0 Å². The minimum atomic E-state index is 0.429. The zero-order valence-electron chi connectivity index (χ0n) is 12.2. The number of nitrogen functional groups attached to an aromatic ring is 1. The van der Waals surface area contributed by atoms with E-state index in [1.807, 2.05) is 23.9 Å². The average Bonchev–Trinajstić information content (AvgIpc) is 2.94. The van der Waals surface area contributed by atoms with Gasteiger partial charge in [0.2, 0.25) is 0 Å². The molecule has 1 aliphatic rings. The lowest BCUT2D eigenvalue weighted by atomic mass is 10.0. The first-order valence-corrected chi connectivity index (χ1v) is 7.30. The number of imidazole rings is 1. The van der Waals surface area contributed by atoms with Crippen LogP contribution in [-0.2, 0) is 7.05 Å². The van der Waals surface area contributed by atoms with Crippen molar-refractivity contribution in [1.29, 1.82) is 0 Å². The van der Waals surface area contributed by atoms with Crippen molar-refractivity contribution in [2.45, 2.75) is 12.8 Å². The lowest BCUT2D eigenvalue weighted by Gasteiger charge is -2.23. The predicted octanol–water partition coefficient (Wildman–Crippen LogP) is 1.44. The van der Waals surface area contributed by atoms with E-state index in [9.17, 15) is 0 Å². The lowest BCUT2D eigenvalue weighted by Crippen LogP contribution is -2.33. The molecule has 0 saturated carbocycles. The second kappa shape index (κ2) is 6.13. The fourth-order valence-corrected chi connectivity index (χ4v) is 2.55. The minimum Gasteiger partial charge on any atom is -0.489 e. The molecule has 1 atom stereocenters. The van der Waals surface area contributed by atoms with E-state index in [-0.39, 0.29) is 0 Å². The Morgan fingerprint density at radius 3 is 3.10 bits per heavy atom. The molecule has 1 unspecified atom stereocenters. The van der Waals surface area contributed by atoms with Gasteiger partial charge < -0.3 is 20.4 Å². The zero-order valence-corrected chi connectivity index (χ0v) is 12.2. The van der Waals surface area contributed by atoms with Gasteiger partial charge in [0.1, 0.15) is 0 Å². The standard InChI is InChI=1S/C15H21N5O/c1-20-8-13(19-10-20)12-5-14(15(16)18-7-12)21-9-11-3-2-4-17-6-11/h5,7-8,10-11,17H,2-4,6,9H2,1H3,(H2,16,18). The number of rotatable bonds is 4. The molecular weight excluding hydrogens is 266 g/mol. The Morgan fingerprint density at radius 1 is 1.48 bits per heavy atom. The van der Waals surface area contributed by atoms with E-state index in [1.54, 1.807) is 12.5 Å². The van der Waals surface area contributed by atoms with Gasteiger partial charge in [0, 0.05) is 37.5 Å². The van der Waals surface area contributed by atoms with Crippen LogP contribution in [0.25, 0.3) is 11.3 Å². The van der Waals surface area contributed by atoms with Crippen molar-refractivity contribution < 1.29 is 4.74 Å². The van der Waals surface area contributed by atoms with Crippen LogP contribution in [0, 0.1) is 5.92 Å². The number of nitrogens with one attached hydrogen (secondary N) is 1. The molecule has 1 saturated heterocycles. The van der Waals surface area contributed by atoms with Gasteiger partial charge in [0.05, 0.1) is 18.6 Å². The Kier molecular flexibility index (Phi) is 4.06. The van der Waals surface area contributed by atoms with Crippen LogP contribution in [-0.4, -0.2) is 34.2 Å². The number of hydrogen-bond donors (Lipinski definition) is 2. The van der Waals surface area contributed by atoms with Crippen LogP contribution in [0.5, 0.6) is 5.75 Å². The van der Waals surface area contributed by atoms with Crippen molar-refractivity contribution in [2.75, 3.05) is 25.4 Å². The van der Waals surface area contributed by atoms with Crippen LogP contribution in [0.1, 0.15) is 12.8 Å². The molecule has 0 aliphatic carbocycles. The van der Waals surface area contributed by atoms with Crippen LogP contribution in [0.4, 0.5) is 5.82 Å². The van der Waals surface area contributed by atoms with E-state index in [4.69, 9.17) is 10.5 Å². The second-order valence-electron chi connectivity index (χ2n) is 5.56. The second-order valence-corrected chi connectivity index (χ2v) is 5.56. The summed E-state index contributed by atoms with van der Waals surface area (Å²) < 4.78 is 7.79. The molecule has 3 N–H and O–H groups in total. The van der Waals surface area contributed by atoms with Gasteiger partial charge in [0.25, 0.3) is 0 Å². The quantitative estimate of drug-likeness (QED) is 0.889. The SMILES string of the molecule is Cn1cnc(-c2cnc(N)c(OCC3CCCNC3)c2)c1. The molecule has 3 heterocycles. The predicted molar refractivity (Wildman–Crippen MR) is 81.9 cm³/mol. The van der Waals surface area contributed by atoms with E-state index in [0.29, 0.717) is 24.1 Å². The Balaban J connectivity index is 1.72. The highest BCUT2D eigenvalue weighted by Gasteiger charge is 2.15. The van der Waals surface area contributed by atoms with E-state index in [0.717, 1.165) is 24.3 Å². The lowest BCUT2D eigenvalue weighted by molar-refractivity contribution is 0.219. The molecule has 0 bridgehead atoms. The highest BCUT2D eigenvalue weighted by Crippen LogP contribution is 2.26. The highest BCUT2D eigenvalue weighted by molar-refractivity contribution is 5.63. The summed E-state index contributed by atoms with van der Waals surface area (Å²) in [5.41, 5.74) is 7.70. The third-order valence-electron chi connectivity index (χ3n) is 3.76. The third-order valence-corrected chi connectivity index (χ3v) is 3.76. The summed E-state index contributed by atoms with van der Waals surface area (Å²) in [6.07, 6.45) is 7.84. The molecule has 1 aliphatic heterocycles. The first-order valence-electron chi connectivity index (χ1n) is 7.30. The largest absolute Gasteiger partial charge is 0.489 e. The molecule has 1 fully saturated rings. The van der Waals surface area contributed by atoms with Crippen molar-refractivity contribution in [3.63, 3.8) is 0 Å².